The van der Waals surface area contributed by atoms with Crippen molar-refractivity contribution in [3.05, 3.63) is 88.9 Å². The maximum atomic E-state index is 12.7. The summed E-state index contributed by atoms with van der Waals surface area (Å²) in [6, 6.07) is 24.7. The van der Waals surface area contributed by atoms with Crippen molar-refractivity contribution in [2.45, 2.75) is 0 Å². The molecule has 1 amide bonds. The number of carbonyl (C=O) groups excluding carboxylic acids is 1. The van der Waals surface area contributed by atoms with Crippen LogP contribution in [0.4, 0.5) is 5.69 Å². The van der Waals surface area contributed by atoms with Gasteiger partial charge in [-0.15, -0.1) is 0 Å². The SMILES string of the molecule is COc1ccc(Br)cc1C(=O)NC(=S)Nc1cccc(-c2nc3c(ccc4ccccc43)o2)c1. The highest BCUT2D eigenvalue weighted by Crippen LogP contribution is 2.30. The molecule has 5 rings (SSSR count). The van der Waals surface area contributed by atoms with E-state index in [2.05, 4.69) is 26.6 Å². The van der Waals surface area contributed by atoms with E-state index in [0.29, 0.717) is 22.9 Å². The second-order valence-electron chi connectivity index (χ2n) is 7.49. The van der Waals surface area contributed by atoms with E-state index in [1.807, 2.05) is 60.7 Å². The summed E-state index contributed by atoms with van der Waals surface area (Å²) in [5, 5.41) is 8.04. The average molecular weight is 532 g/mol. The maximum absolute atomic E-state index is 12.7. The van der Waals surface area contributed by atoms with Crippen molar-refractivity contribution >= 4 is 66.7 Å². The van der Waals surface area contributed by atoms with Gasteiger partial charge in [0.25, 0.3) is 5.91 Å². The number of methoxy groups -OCH3 is 1. The molecule has 0 bridgehead atoms. The summed E-state index contributed by atoms with van der Waals surface area (Å²) in [5.74, 6) is 0.579. The quantitative estimate of drug-likeness (QED) is 0.256. The fraction of sp³-hybridized carbons (Fsp3) is 0.0385. The first-order valence-corrected chi connectivity index (χ1v) is 11.6. The number of benzene rings is 4. The molecule has 168 valence electrons. The molecular formula is C26H18BrN3O3S. The van der Waals surface area contributed by atoms with Gasteiger partial charge < -0.3 is 14.5 Å². The van der Waals surface area contributed by atoms with Crippen molar-refractivity contribution in [1.29, 1.82) is 0 Å². The number of halogens is 1. The Morgan fingerprint density at radius 3 is 2.74 bits per heavy atom. The Morgan fingerprint density at radius 2 is 1.88 bits per heavy atom. The zero-order valence-corrected chi connectivity index (χ0v) is 20.4. The number of rotatable bonds is 4. The number of amides is 1. The second-order valence-corrected chi connectivity index (χ2v) is 8.81. The lowest BCUT2D eigenvalue weighted by atomic mass is 10.1. The predicted molar refractivity (Wildman–Crippen MR) is 141 cm³/mol. The monoisotopic (exact) mass is 531 g/mol. The third kappa shape index (κ3) is 4.37. The molecule has 8 heteroatoms. The van der Waals surface area contributed by atoms with Gasteiger partial charge in [-0.25, -0.2) is 4.98 Å². The molecule has 0 radical (unpaired) electrons. The smallest absolute Gasteiger partial charge is 0.261 e. The summed E-state index contributed by atoms with van der Waals surface area (Å²) in [5.41, 5.74) is 3.38. The third-order valence-electron chi connectivity index (χ3n) is 5.28. The van der Waals surface area contributed by atoms with Crippen LogP contribution in [-0.4, -0.2) is 23.1 Å². The molecule has 1 aromatic heterocycles. The number of hydrogen-bond donors (Lipinski definition) is 2. The summed E-state index contributed by atoms with van der Waals surface area (Å²) < 4.78 is 12.1. The van der Waals surface area contributed by atoms with Gasteiger partial charge in [0, 0.05) is 21.1 Å². The highest BCUT2D eigenvalue weighted by atomic mass is 79.9. The molecule has 2 N–H and O–H groups in total. The van der Waals surface area contributed by atoms with Crippen LogP contribution in [0.1, 0.15) is 10.4 Å². The van der Waals surface area contributed by atoms with Gasteiger partial charge in [-0.2, -0.15) is 0 Å². The number of nitrogens with zero attached hydrogens (tertiary/aromatic N) is 1. The normalized spacial score (nSPS) is 10.9. The van der Waals surface area contributed by atoms with Crippen molar-refractivity contribution in [1.82, 2.24) is 10.3 Å². The molecule has 0 aliphatic heterocycles. The van der Waals surface area contributed by atoms with E-state index >= 15 is 0 Å². The Bertz CT molecular complexity index is 1560. The van der Waals surface area contributed by atoms with Gasteiger partial charge in [-0.05, 0) is 60.1 Å². The number of fused-ring (bicyclic) bond motifs is 3. The maximum Gasteiger partial charge on any atom is 0.261 e. The molecule has 5 aromatic rings. The van der Waals surface area contributed by atoms with E-state index in [9.17, 15) is 4.79 Å². The first-order valence-electron chi connectivity index (χ1n) is 10.4. The fourth-order valence-electron chi connectivity index (χ4n) is 3.71. The fourth-order valence-corrected chi connectivity index (χ4v) is 4.28. The van der Waals surface area contributed by atoms with Gasteiger partial charge in [-0.3, -0.25) is 10.1 Å². The lowest BCUT2D eigenvalue weighted by Gasteiger charge is -2.12. The number of aromatic nitrogens is 1. The van der Waals surface area contributed by atoms with Crippen LogP contribution in [0.15, 0.2) is 87.8 Å². The van der Waals surface area contributed by atoms with Crippen LogP contribution in [0.2, 0.25) is 0 Å². The Balaban J connectivity index is 1.36. The summed E-state index contributed by atoms with van der Waals surface area (Å²) in [6.45, 7) is 0. The van der Waals surface area contributed by atoms with Gasteiger partial charge >= 0.3 is 0 Å². The van der Waals surface area contributed by atoms with Crippen LogP contribution < -0.4 is 15.4 Å². The molecule has 1 heterocycles. The summed E-state index contributed by atoms with van der Waals surface area (Å²) >= 11 is 8.73. The van der Waals surface area contributed by atoms with Gasteiger partial charge in [0.05, 0.1) is 12.7 Å². The Hall–Kier alpha value is -3.75. The lowest BCUT2D eigenvalue weighted by Crippen LogP contribution is -2.34. The molecule has 0 saturated heterocycles. The van der Waals surface area contributed by atoms with E-state index < -0.39 is 0 Å². The van der Waals surface area contributed by atoms with E-state index in [1.165, 1.54) is 7.11 Å². The first-order chi connectivity index (χ1) is 16.5. The van der Waals surface area contributed by atoms with Gasteiger partial charge in [0.2, 0.25) is 5.89 Å². The summed E-state index contributed by atoms with van der Waals surface area (Å²) in [4.78, 5) is 17.4. The zero-order valence-electron chi connectivity index (χ0n) is 18.0. The lowest BCUT2D eigenvalue weighted by molar-refractivity contribution is 0.0974. The van der Waals surface area contributed by atoms with Crippen molar-refractivity contribution in [2.24, 2.45) is 0 Å². The minimum atomic E-state index is -0.377. The molecule has 4 aromatic carbocycles. The predicted octanol–water partition coefficient (Wildman–Crippen LogP) is 6.55. The van der Waals surface area contributed by atoms with E-state index in [4.69, 9.17) is 26.4 Å². The van der Waals surface area contributed by atoms with Gasteiger partial charge in [-0.1, -0.05) is 52.3 Å². The van der Waals surface area contributed by atoms with Crippen LogP contribution in [-0.2, 0) is 0 Å². The zero-order chi connectivity index (χ0) is 23.7. The second kappa shape index (κ2) is 9.24. The van der Waals surface area contributed by atoms with E-state index in [1.54, 1.807) is 18.2 Å². The van der Waals surface area contributed by atoms with E-state index in [-0.39, 0.29) is 11.0 Å². The molecule has 0 aliphatic rings. The average Bonchev–Trinajstić information content (AvgIpc) is 3.29. The summed E-state index contributed by atoms with van der Waals surface area (Å²) in [7, 11) is 1.51. The molecule has 6 nitrogen and oxygen atoms in total. The first kappa shape index (κ1) is 22.1. The minimum Gasteiger partial charge on any atom is -0.496 e. The Morgan fingerprint density at radius 1 is 1.03 bits per heavy atom. The number of carbonyl (C=O) groups is 1. The molecule has 0 unspecified atom stereocenters. The van der Waals surface area contributed by atoms with Crippen LogP contribution in [0.3, 0.4) is 0 Å². The number of anilines is 1. The molecule has 0 atom stereocenters. The van der Waals surface area contributed by atoms with Crippen molar-refractivity contribution in [2.75, 3.05) is 12.4 Å². The van der Waals surface area contributed by atoms with Crippen LogP contribution in [0, 0.1) is 0 Å². The highest BCUT2D eigenvalue weighted by Gasteiger charge is 2.15. The standard InChI is InChI=1S/C26H18BrN3O3S/c1-32-21-12-10-17(27)14-20(21)24(31)30-26(34)28-18-7-4-6-16(13-18)25-29-23-19-8-3-2-5-15(19)9-11-22(23)33-25/h2-14H,1H3,(H2,28,30,31,34). The van der Waals surface area contributed by atoms with Crippen molar-refractivity contribution in [3.8, 4) is 17.2 Å². The molecule has 0 aliphatic carbocycles. The number of ether oxygens (including phenoxy) is 1. The molecule has 34 heavy (non-hydrogen) atoms. The molecule has 0 fully saturated rings. The van der Waals surface area contributed by atoms with Crippen molar-refractivity contribution in [3.63, 3.8) is 0 Å². The molecule has 0 saturated carbocycles. The summed E-state index contributed by atoms with van der Waals surface area (Å²) in [6.07, 6.45) is 0. The van der Waals surface area contributed by atoms with Crippen LogP contribution in [0.25, 0.3) is 33.3 Å². The van der Waals surface area contributed by atoms with Gasteiger partial charge in [0.1, 0.15) is 11.3 Å². The third-order valence-corrected chi connectivity index (χ3v) is 5.98. The Kier molecular flexibility index (Phi) is 6.00. The van der Waals surface area contributed by atoms with Crippen LogP contribution >= 0.6 is 28.1 Å². The highest BCUT2D eigenvalue weighted by molar-refractivity contribution is 9.10. The minimum absolute atomic E-state index is 0.160. The van der Waals surface area contributed by atoms with Crippen molar-refractivity contribution < 1.29 is 13.9 Å². The Labute approximate surface area is 209 Å². The number of oxazole rings is 1. The van der Waals surface area contributed by atoms with Gasteiger partial charge in [0.15, 0.2) is 10.7 Å². The topological polar surface area (TPSA) is 76.4 Å². The number of hydrogen-bond acceptors (Lipinski definition) is 5. The largest absolute Gasteiger partial charge is 0.496 e. The number of thiocarbonyl (C=S) groups is 1. The van der Waals surface area contributed by atoms with Crippen LogP contribution in [0.5, 0.6) is 5.75 Å². The van der Waals surface area contributed by atoms with E-state index in [0.717, 1.165) is 31.9 Å². The molecule has 0 spiro atoms. The molecular weight excluding hydrogens is 514 g/mol. The number of nitrogens with one attached hydrogen (secondary N) is 2.